The summed E-state index contributed by atoms with van der Waals surface area (Å²) >= 11 is 0. The van der Waals surface area contributed by atoms with E-state index in [0.29, 0.717) is 0 Å². The van der Waals surface area contributed by atoms with Gasteiger partial charge in [0.15, 0.2) is 11.5 Å². The maximum atomic E-state index is 12.6. The van der Waals surface area contributed by atoms with Crippen LogP contribution in [0.25, 0.3) is 5.70 Å². The Hall–Kier alpha value is -1.97. The van der Waals surface area contributed by atoms with E-state index in [4.69, 9.17) is 9.47 Å². The van der Waals surface area contributed by atoms with Gasteiger partial charge in [0.25, 0.3) is 0 Å². The van der Waals surface area contributed by atoms with Crippen LogP contribution in [-0.2, 0) is 4.79 Å². The Morgan fingerprint density at radius 2 is 2.04 bits per heavy atom. The molecule has 1 heterocycles. The molecule has 2 aliphatic rings. The van der Waals surface area contributed by atoms with Crippen LogP contribution >= 0.6 is 0 Å². The summed E-state index contributed by atoms with van der Waals surface area (Å²) in [4.78, 5) is 12.6. The van der Waals surface area contributed by atoms with E-state index in [1.807, 2.05) is 32.0 Å². The number of nitrogens with one attached hydrogen (secondary N) is 1. The number of rotatable bonds is 3. The molecular formula is C19H25NO3. The molecule has 4 heteroatoms. The molecule has 4 nitrogen and oxygen atoms in total. The summed E-state index contributed by atoms with van der Waals surface area (Å²) in [7, 11) is 1.64. The fourth-order valence-electron chi connectivity index (χ4n) is 3.39. The van der Waals surface area contributed by atoms with E-state index in [9.17, 15) is 4.79 Å². The van der Waals surface area contributed by atoms with E-state index >= 15 is 0 Å². The zero-order chi connectivity index (χ0) is 16.4. The first kappa shape index (κ1) is 15.9. The molecule has 0 unspecified atom stereocenters. The zero-order valence-corrected chi connectivity index (χ0v) is 14.1. The fourth-order valence-corrected chi connectivity index (χ4v) is 3.39. The van der Waals surface area contributed by atoms with Crippen LogP contribution in [0.5, 0.6) is 11.5 Å². The van der Waals surface area contributed by atoms with E-state index in [1.54, 1.807) is 13.2 Å². The second kappa shape index (κ2) is 6.26. The monoisotopic (exact) mass is 315 g/mol. The lowest BCUT2D eigenvalue weighted by Gasteiger charge is -2.36. The predicted octanol–water partition coefficient (Wildman–Crippen LogP) is 3.90. The Morgan fingerprint density at radius 1 is 1.30 bits per heavy atom. The molecule has 0 radical (unpaired) electrons. The van der Waals surface area contributed by atoms with Crippen LogP contribution in [0.15, 0.2) is 24.3 Å². The number of allylic oxidation sites excluding steroid dienone is 1. The highest BCUT2D eigenvalue weighted by molar-refractivity contribution is 5.98. The highest BCUT2D eigenvalue weighted by Crippen LogP contribution is 2.36. The predicted molar refractivity (Wildman–Crippen MR) is 90.4 cm³/mol. The van der Waals surface area contributed by atoms with Gasteiger partial charge in [-0.1, -0.05) is 19.3 Å². The molecule has 1 N–H and O–H groups in total. The largest absolute Gasteiger partial charge is 0.497 e. The van der Waals surface area contributed by atoms with Gasteiger partial charge in [-0.05, 0) is 38.8 Å². The molecule has 1 aromatic rings. The molecule has 1 saturated carbocycles. The van der Waals surface area contributed by atoms with Gasteiger partial charge < -0.3 is 14.8 Å². The number of fused-ring (bicyclic) bond motifs is 1. The molecule has 1 aliphatic carbocycles. The molecule has 1 aliphatic heterocycles. The van der Waals surface area contributed by atoms with Crippen molar-refractivity contribution in [1.82, 2.24) is 5.32 Å². The number of hydrogen-bond donors (Lipinski definition) is 1. The van der Waals surface area contributed by atoms with Crippen molar-refractivity contribution in [3.8, 4) is 11.5 Å². The van der Waals surface area contributed by atoms with Gasteiger partial charge in [-0.3, -0.25) is 4.79 Å². The highest BCUT2D eigenvalue weighted by Gasteiger charge is 2.30. The number of carbonyl (C=O) groups is 1. The third-order valence-corrected chi connectivity index (χ3v) is 4.57. The Kier molecular flexibility index (Phi) is 4.33. The van der Waals surface area contributed by atoms with Crippen LogP contribution in [0.1, 0.15) is 51.5 Å². The van der Waals surface area contributed by atoms with Crippen LogP contribution in [-0.4, -0.2) is 18.6 Å². The third kappa shape index (κ3) is 3.52. The van der Waals surface area contributed by atoms with E-state index < -0.39 is 5.72 Å². The lowest BCUT2D eigenvalue weighted by Crippen LogP contribution is -2.46. The van der Waals surface area contributed by atoms with Crippen molar-refractivity contribution < 1.29 is 14.3 Å². The summed E-state index contributed by atoms with van der Waals surface area (Å²) in [5.41, 5.74) is 1.20. The first-order chi connectivity index (χ1) is 11.0. The summed E-state index contributed by atoms with van der Waals surface area (Å²) in [6.07, 6.45) is 7.37. The SMILES string of the molecule is COc1ccc2c(c1)OC(C)(C)N/C2=C\C(=O)C1CCCCC1. The van der Waals surface area contributed by atoms with Gasteiger partial charge in [0, 0.05) is 23.6 Å². The quantitative estimate of drug-likeness (QED) is 0.859. The standard InChI is InChI=1S/C19H25NO3/c1-19(2)20-16(12-17(21)13-7-5-4-6-8-13)15-10-9-14(22-3)11-18(15)23-19/h9-13,20H,4-8H2,1-3H3/b16-12-. The third-order valence-electron chi connectivity index (χ3n) is 4.57. The molecular weight excluding hydrogens is 290 g/mol. The van der Waals surface area contributed by atoms with Gasteiger partial charge in [0.1, 0.15) is 11.5 Å². The lowest BCUT2D eigenvalue weighted by molar-refractivity contribution is -0.119. The van der Waals surface area contributed by atoms with E-state index in [-0.39, 0.29) is 11.7 Å². The van der Waals surface area contributed by atoms with Crippen LogP contribution in [0.4, 0.5) is 0 Å². The molecule has 0 saturated heterocycles. The Bertz CT molecular complexity index is 628. The van der Waals surface area contributed by atoms with Crippen LogP contribution < -0.4 is 14.8 Å². The number of ketones is 1. The lowest BCUT2D eigenvalue weighted by atomic mass is 9.85. The number of benzene rings is 1. The Morgan fingerprint density at radius 3 is 2.74 bits per heavy atom. The molecule has 124 valence electrons. The average Bonchev–Trinajstić information content (AvgIpc) is 2.54. The van der Waals surface area contributed by atoms with Crippen molar-refractivity contribution in [2.24, 2.45) is 5.92 Å². The van der Waals surface area contributed by atoms with E-state index in [1.165, 1.54) is 6.42 Å². The number of carbonyl (C=O) groups excluding carboxylic acids is 1. The molecule has 23 heavy (non-hydrogen) atoms. The molecule has 0 atom stereocenters. The summed E-state index contributed by atoms with van der Waals surface area (Å²) in [6.45, 7) is 3.91. The topological polar surface area (TPSA) is 47.6 Å². The zero-order valence-electron chi connectivity index (χ0n) is 14.1. The van der Waals surface area contributed by atoms with E-state index in [0.717, 1.165) is 48.4 Å². The maximum absolute atomic E-state index is 12.6. The summed E-state index contributed by atoms with van der Waals surface area (Å²) in [6, 6.07) is 5.70. The molecule has 0 spiro atoms. The highest BCUT2D eigenvalue weighted by atomic mass is 16.5. The molecule has 3 rings (SSSR count). The first-order valence-electron chi connectivity index (χ1n) is 8.40. The number of ether oxygens (including phenoxy) is 2. The summed E-state index contributed by atoms with van der Waals surface area (Å²) in [5, 5.41) is 3.33. The fraction of sp³-hybridized carbons (Fsp3) is 0.526. The van der Waals surface area contributed by atoms with Gasteiger partial charge >= 0.3 is 0 Å². The minimum Gasteiger partial charge on any atom is -0.497 e. The van der Waals surface area contributed by atoms with Crippen molar-refractivity contribution in [2.75, 3.05) is 7.11 Å². The second-order valence-electron chi connectivity index (χ2n) is 6.89. The van der Waals surface area contributed by atoms with E-state index in [2.05, 4.69) is 5.32 Å². The molecule has 0 bridgehead atoms. The molecule has 0 aromatic heterocycles. The minimum absolute atomic E-state index is 0.172. The van der Waals surface area contributed by atoms with Crippen molar-refractivity contribution in [1.29, 1.82) is 0 Å². The normalized spacial score (nSPS) is 22.0. The van der Waals surface area contributed by atoms with Gasteiger partial charge in [-0.2, -0.15) is 0 Å². The van der Waals surface area contributed by atoms with Gasteiger partial charge in [0.2, 0.25) is 0 Å². The number of methoxy groups -OCH3 is 1. The smallest absolute Gasteiger partial charge is 0.175 e. The summed E-state index contributed by atoms with van der Waals surface area (Å²) < 4.78 is 11.2. The minimum atomic E-state index is -0.557. The van der Waals surface area contributed by atoms with Crippen molar-refractivity contribution in [2.45, 2.75) is 51.7 Å². The first-order valence-corrected chi connectivity index (χ1v) is 8.40. The van der Waals surface area contributed by atoms with Crippen LogP contribution in [0.3, 0.4) is 0 Å². The molecule has 1 fully saturated rings. The van der Waals surface area contributed by atoms with Crippen LogP contribution in [0.2, 0.25) is 0 Å². The molecule has 1 aromatic carbocycles. The second-order valence-corrected chi connectivity index (χ2v) is 6.89. The van der Waals surface area contributed by atoms with Crippen LogP contribution in [0, 0.1) is 5.92 Å². The average molecular weight is 315 g/mol. The Balaban J connectivity index is 1.92. The summed E-state index contributed by atoms with van der Waals surface area (Å²) in [5.74, 6) is 1.90. The van der Waals surface area contributed by atoms with Crippen molar-refractivity contribution in [3.63, 3.8) is 0 Å². The van der Waals surface area contributed by atoms with Gasteiger partial charge in [-0.15, -0.1) is 0 Å². The molecule has 0 amide bonds. The maximum Gasteiger partial charge on any atom is 0.175 e. The van der Waals surface area contributed by atoms with Crippen molar-refractivity contribution >= 4 is 11.5 Å². The van der Waals surface area contributed by atoms with Gasteiger partial charge in [0.05, 0.1) is 12.8 Å². The van der Waals surface area contributed by atoms with Gasteiger partial charge in [-0.25, -0.2) is 0 Å². The van der Waals surface area contributed by atoms with Crippen molar-refractivity contribution in [3.05, 3.63) is 29.8 Å². The Labute approximate surface area is 137 Å². The number of hydrogen-bond acceptors (Lipinski definition) is 4.